The van der Waals surface area contributed by atoms with E-state index in [1.165, 1.54) is 38.1 Å². The molecule has 4 heterocycles. The Balaban J connectivity index is 1.12. The molecule has 2 aromatic carbocycles. The number of hydrogen-bond acceptors (Lipinski definition) is 19. The van der Waals surface area contributed by atoms with Crippen molar-refractivity contribution < 1.29 is 89.0 Å². The first-order valence-corrected chi connectivity index (χ1v) is 16.2. The van der Waals surface area contributed by atoms with E-state index in [-0.39, 0.29) is 33.8 Å². The molecule has 6 rings (SSSR count). The molecule has 0 aliphatic carbocycles. The van der Waals surface area contributed by atoms with Crippen LogP contribution in [0.2, 0.25) is 0 Å². The van der Waals surface area contributed by atoms with Crippen molar-refractivity contribution in [1.82, 2.24) is 0 Å². The topological polar surface area (TPSA) is 308 Å². The highest BCUT2D eigenvalue weighted by molar-refractivity contribution is 5.88. The summed E-state index contributed by atoms with van der Waals surface area (Å²) in [5.74, 6) is -2.01. The summed E-state index contributed by atoms with van der Waals surface area (Å²) >= 11 is 0. The van der Waals surface area contributed by atoms with Gasteiger partial charge in [-0.05, 0) is 38.1 Å². The summed E-state index contributed by atoms with van der Waals surface area (Å²) < 4.78 is 39.3. The number of aliphatic hydroxyl groups excluding tert-OH is 8. The van der Waals surface area contributed by atoms with Gasteiger partial charge in [0.05, 0.1) is 18.8 Å². The molecule has 3 fully saturated rings. The van der Waals surface area contributed by atoms with E-state index in [1.54, 1.807) is 0 Å². The van der Waals surface area contributed by atoms with Crippen molar-refractivity contribution in [3.8, 4) is 34.3 Å². The van der Waals surface area contributed by atoms with Crippen molar-refractivity contribution in [2.24, 2.45) is 0 Å². The number of phenols is 2. The predicted molar refractivity (Wildman–Crippen MR) is 170 cm³/mol. The van der Waals surface area contributed by atoms with Gasteiger partial charge in [0.2, 0.25) is 17.5 Å². The number of phenolic OH excluding ortho intramolecular Hbond substituents is 2. The first-order valence-electron chi connectivity index (χ1n) is 16.2. The van der Waals surface area contributed by atoms with Gasteiger partial charge >= 0.3 is 0 Å². The Hall–Kier alpha value is -3.67. The van der Waals surface area contributed by atoms with E-state index in [0.29, 0.717) is 0 Å². The summed E-state index contributed by atoms with van der Waals surface area (Å²) in [6, 6.07) is 7.46. The molecule has 3 aromatic rings. The van der Waals surface area contributed by atoms with Crippen LogP contribution in [0.1, 0.15) is 13.8 Å². The summed E-state index contributed by atoms with van der Waals surface area (Å²) in [5.41, 5.74) is -0.957. The smallest absolute Gasteiger partial charge is 0.238 e. The lowest BCUT2D eigenvalue weighted by atomic mass is 9.97. The lowest BCUT2D eigenvalue weighted by Crippen LogP contribution is -2.64. The number of ether oxygens (including phenoxy) is 6. The fourth-order valence-corrected chi connectivity index (χ4v) is 6.21. The maximum Gasteiger partial charge on any atom is 0.238 e. The van der Waals surface area contributed by atoms with Crippen molar-refractivity contribution in [3.63, 3.8) is 0 Å². The molecule has 0 unspecified atom stereocenters. The zero-order valence-electron chi connectivity index (χ0n) is 27.5. The van der Waals surface area contributed by atoms with Gasteiger partial charge in [0, 0.05) is 17.7 Å². The van der Waals surface area contributed by atoms with Gasteiger partial charge in [-0.3, -0.25) is 4.79 Å². The normalized spacial score (nSPS) is 38.3. The van der Waals surface area contributed by atoms with Crippen molar-refractivity contribution in [2.45, 2.75) is 106 Å². The molecule has 19 heteroatoms. The Morgan fingerprint density at radius 2 is 1.29 bits per heavy atom. The molecule has 3 aliphatic rings. The Morgan fingerprint density at radius 3 is 1.98 bits per heavy atom. The lowest BCUT2D eigenvalue weighted by Gasteiger charge is -2.46. The average molecular weight is 741 g/mol. The Labute approximate surface area is 293 Å². The second-order valence-corrected chi connectivity index (χ2v) is 12.9. The molecule has 0 spiro atoms. The van der Waals surface area contributed by atoms with Crippen LogP contribution in [0.3, 0.4) is 0 Å². The number of benzene rings is 2. The van der Waals surface area contributed by atoms with Gasteiger partial charge in [0.25, 0.3) is 0 Å². The van der Waals surface area contributed by atoms with Gasteiger partial charge in [-0.15, -0.1) is 0 Å². The minimum Gasteiger partial charge on any atom is -0.508 e. The molecule has 0 bridgehead atoms. The second-order valence-electron chi connectivity index (χ2n) is 12.9. The fraction of sp³-hybridized carbons (Fsp3) is 0.545. The maximum absolute atomic E-state index is 12.7. The summed E-state index contributed by atoms with van der Waals surface area (Å²) in [6.07, 6.45) is -22.8. The molecule has 3 saturated heterocycles. The molecule has 1 aromatic heterocycles. The number of aliphatic hydroxyl groups is 8. The first kappa shape index (κ1) is 38.1. The van der Waals surface area contributed by atoms with Crippen molar-refractivity contribution in [3.05, 3.63) is 46.6 Å². The van der Waals surface area contributed by atoms with Crippen molar-refractivity contribution in [2.75, 3.05) is 6.61 Å². The van der Waals surface area contributed by atoms with Crippen LogP contribution in [0.15, 0.2) is 45.6 Å². The largest absolute Gasteiger partial charge is 0.508 e. The number of hydrogen-bond donors (Lipinski definition) is 11. The average Bonchev–Trinajstić information content (AvgIpc) is 3.11. The third kappa shape index (κ3) is 7.16. The van der Waals surface area contributed by atoms with Gasteiger partial charge in [-0.2, -0.15) is 0 Å². The van der Waals surface area contributed by atoms with Crippen LogP contribution in [0.4, 0.5) is 0 Å². The molecular formula is C33H40O19. The zero-order chi connectivity index (χ0) is 37.8. The molecular weight excluding hydrogens is 700 g/mol. The minimum absolute atomic E-state index is 0.0573. The molecule has 0 radical (unpaired) electrons. The minimum atomic E-state index is -1.80. The molecule has 0 amide bonds. The van der Waals surface area contributed by atoms with Crippen LogP contribution >= 0.6 is 0 Å². The molecule has 52 heavy (non-hydrogen) atoms. The highest BCUT2D eigenvalue weighted by Gasteiger charge is 2.51. The highest BCUT2D eigenvalue weighted by Crippen LogP contribution is 2.36. The molecule has 11 N–H and O–H groups in total. The van der Waals surface area contributed by atoms with Crippen molar-refractivity contribution >= 4 is 11.0 Å². The molecule has 19 nitrogen and oxygen atoms in total. The van der Waals surface area contributed by atoms with Crippen LogP contribution in [-0.2, 0) is 23.7 Å². The lowest BCUT2D eigenvalue weighted by molar-refractivity contribution is -0.358. The molecule has 286 valence electrons. The van der Waals surface area contributed by atoms with E-state index in [2.05, 4.69) is 0 Å². The Kier molecular flexibility index (Phi) is 11.0. The van der Waals surface area contributed by atoms with Gasteiger partial charge in [0.1, 0.15) is 89.3 Å². The zero-order valence-corrected chi connectivity index (χ0v) is 27.5. The van der Waals surface area contributed by atoms with Crippen molar-refractivity contribution in [1.29, 1.82) is 0 Å². The summed E-state index contributed by atoms with van der Waals surface area (Å²) in [6.45, 7) is 2.31. The third-order valence-electron chi connectivity index (χ3n) is 9.28. The van der Waals surface area contributed by atoms with Crippen LogP contribution in [-0.4, -0.2) is 155 Å². The van der Waals surface area contributed by atoms with Crippen LogP contribution < -0.4 is 10.2 Å². The Bertz CT molecular complexity index is 1770. The summed E-state index contributed by atoms with van der Waals surface area (Å²) in [5, 5.41) is 114. The van der Waals surface area contributed by atoms with Crippen LogP contribution in [0.25, 0.3) is 22.3 Å². The van der Waals surface area contributed by atoms with Gasteiger partial charge in [-0.1, -0.05) is 0 Å². The third-order valence-corrected chi connectivity index (χ3v) is 9.28. The highest BCUT2D eigenvalue weighted by atomic mass is 16.7. The van der Waals surface area contributed by atoms with Gasteiger partial charge in [-0.25, -0.2) is 0 Å². The molecule has 15 atom stereocenters. The maximum atomic E-state index is 12.7. The van der Waals surface area contributed by atoms with E-state index >= 15 is 0 Å². The summed E-state index contributed by atoms with van der Waals surface area (Å²) in [7, 11) is 0. The standard InChI is InChI=1S/C33H40O19/c1-10-19(36)23(40)26(43)32(48-10)52-30-20(37)11(2)47-31(28(30)45)46-9-17-21(38)24(41)27(44)33(51-17)49-14-5-3-12(4-6-14)29-25(42)22(39)18-15(35)7-13(34)8-16(18)50-29/h3-8,10-11,17,19-21,23-24,26-28,30-38,40-45H,9H2,1-2H3/t10-,11-,17+,19-,20-,21-,23+,24-,26+,27+,28+,30+,31+,32-,33+/m0/s1. The SMILES string of the molecule is C[C@@H]1O[C@@H](O[C@@H]2[C@@H](O)[C@H](C)O[C@@H](OC[C@H]3O[C@@H](Oc4ccc(-c5oc6cc(O)cc(O)c6c(=O)c5O)cc4)[C@H](O)[C@@H](O)[C@H]3O)[C@@H]2O)[C@H](O)[C@H](O)[C@H]1O. The van der Waals surface area contributed by atoms with E-state index < -0.39 is 116 Å². The Morgan fingerprint density at radius 1 is 0.673 bits per heavy atom. The van der Waals surface area contributed by atoms with Gasteiger partial charge in [0.15, 0.2) is 18.3 Å². The predicted octanol–water partition coefficient (Wildman–Crippen LogP) is -2.54. The second kappa shape index (κ2) is 15.0. The fourth-order valence-electron chi connectivity index (χ4n) is 6.21. The van der Waals surface area contributed by atoms with E-state index in [9.17, 15) is 61.0 Å². The quantitative estimate of drug-likeness (QED) is 0.113. The number of aromatic hydroxyl groups is 3. The van der Waals surface area contributed by atoms with Crippen LogP contribution in [0.5, 0.6) is 23.0 Å². The van der Waals surface area contributed by atoms with Gasteiger partial charge < -0.3 is 89.0 Å². The first-order chi connectivity index (χ1) is 24.6. The molecule has 3 aliphatic heterocycles. The van der Waals surface area contributed by atoms with E-state index in [4.69, 9.17) is 32.8 Å². The van der Waals surface area contributed by atoms with E-state index in [1.807, 2.05) is 0 Å². The van der Waals surface area contributed by atoms with E-state index in [0.717, 1.165) is 12.1 Å². The van der Waals surface area contributed by atoms with Crippen LogP contribution in [0, 0.1) is 0 Å². The summed E-state index contributed by atoms with van der Waals surface area (Å²) in [4.78, 5) is 12.7. The monoisotopic (exact) mass is 740 g/mol. The number of rotatable bonds is 8. The molecule has 0 saturated carbocycles. The number of fused-ring (bicyclic) bond motifs is 1.